The van der Waals surface area contributed by atoms with Crippen molar-refractivity contribution in [2.75, 3.05) is 24.6 Å². The lowest BCUT2D eigenvalue weighted by Gasteiger charge is -2.32. The van der Waals surface area contributed by atoms with Crippen LogP contribution in [-0.4, -0.2) is 45.2 Å². The molecule has 0 aromatic heterocycles. The molecule has 0 bridgehead atoms. The molecule has 1 aromatic carbocycles. The standard InChI is InChI=1S/C13H18N2O5S/c1-3-15-11-8-10(21(18,19)14-6-7-16)4-5-12(11)20-9(2)13(15)17/h4-5,8-9,14,16H,3,6-7H2,1-2H3. The van der Waals surface area contributed by atoms with Gasteiger partial charge in [0.25, 0.3) is 5.91 Å². The molecule has 0 aliphatic carbocycles. The van der Waals surface area contributed by atoms with Crippen molar-refractivity contribution in [3.8, 4) is 5.75 Å². The summed E-state index contributed by atoms with van der Waals surface area (Å²) in [6.07, 6.45) is -0.590. The number of hydrogen-bond acceptors (Lipinski definition) is 5. The number of nitrogens with zero attached hydrogens (tertiary/aromatic N) is 1. The molecule has 0 fully saturated rings. The topological polar surface area (TPSA) is 95.9 Å². The van der Waals surface area contributed by atoms with Crippen LogP contribution in [0.5, 0.6) is 5.75 Å². The third kappa shape index (κ3) is 3.02. The molecule has 7 nitrogen and oxygen atoms in total. The van der Waals surface area contributed by atoms with E-state index in [9.17, 15) is 13.2 Å². The van der Waals surface area contributed by atoms with Crippen molar-refractivity contribution in [2.24, 2.45) is 0 Å². The summed E-state index contributed by atoms with van der Waals surface area (Å²) in [6.45, 7) is 3.53. The molecule has 8 heteroatoms. The van der Waals surface area contributed by atoms with Crippen LogP contribution < -0.4 is 14.4 Å². The Hall–Kier alpha value is -1.64. The zero-order chi connectivity index (χ0) is 15.6. The number of sulfonamides is 1. The van der Waals surface area contributed by atoms with Gasteiger partial charge in [-0.3, -0.25) is 4.79 Å². The highest BCUT2D eigenvalue weighted by Crippen LogP contribution is 2.35. The summed E-state index contributed by atoms with van der Waals surface area (Å²) in [6, 6.07) is 4.35. The lowest BCUT2D eigenvalue weighted by molar-refractivity contribution is -0.125. The average Bonchev–Trinajstić information content (AvgIpc) is 2.46. The van der Waals surface area contributed by atoms with Crippen molar-refractivity contribution in [1.29, 1.82) is 0 Å². The van der Waals surface area contributed by atoms with Crippen LogP contribution in [0.3, 0.4) is 0 Å². The second-order valence-electron chi connectivity index (χ2n) is 4.59. The highest BCUT2D eigenvalue weighted by atomic mass is 32.2. The minimum atomic E-state index is -3.72. The monoisotopic (exact) mass is 314 g/mol. The molecule has 1 aliphatic rings. The molecule has 116 valence electrons. The van der Waals surface area contributed by atoms with Crippen molar-refractivity contribution < 1.29 is 23.1 Å². The second-order valence-corrected chi connectivity index (χ2v) is 6.36. The molecule has 1 unspecified atom stereocenters. The van der Waals surface area contributed by atoms with E-state index in [2.05, 4.69) is 4.72 Å². The van der Waals surface area contributed by atoms with Crippen molar-refractivity contribution >= 4 is 21.6 Å². The molecule has 1 aromatic rings. The van der Waals surface area contributed by atoms with Crippen LogP contribution >= 0.6 is 0 Å². The fraction of sp³-hybridized carbons (Fsp3) is 0.462. The van der Waals surface area contributed by atoms with E-state index in [1.807, 2.05) is 6.92 Å². The minimum absolute atomic E-state index is 0.0269. The molecule has 1 aliphatic heterocycles. The van der Waals surface area contributed by atoms with E-state index in [0.29, 0.717) is 18.0 Å². The third-order valence-electron chi connectivity index (χ3n) is 3.17. The number of ether oxygens (including phenoxy) is 1. The van der Waals surface area contributed by atoms with Gasteiger partial charge in [-0.1, -0.05) is 0 Å². The molecular weight excluding hydrogens is 296 g/mol. The summed E-state index contributed by atoms with van der Waals surface area (Å²) in [5, 5.41) is 8.71. The lowest BCUT2D eigenvalue weighted by Crippen LogP contribution is -2.44. The van der Waals surface area contributed by atoms with Gasteiger partial charge in [0.2, 0.25) is 10.0 Å². The number of rotatable bonds is 5. The zero-order valence-corrected chi connectivity index (χ0v) is 12.7. The summed E-state index contributed by atoms with van der Waals surface area (Å²) in [5.41, 5.74) is 0.437. The number of carbonyl (C=O) groups is 1. The Bertz CT molecular complexity index is 644. The van der Waals surface area contributed by atoms with Crippen molar-refractivity contribution in [1.82, 2.24) is 4.72 Å². The summed E-state index contributed by atoms with van der Waals surface area (Å²) < 4.78 is 31.8. The average molecular weight is 314 g/mol. The van der Waals surface area contributed by atoms with Crippen LogP contribution in [0.4, 0.5) is 5.69 Å². The number of aliphatic hydroxyl groups excluding tert-OH is 1. The van der Waals surface area contributed by atoms with Gasteiger partial charge in [0, 0.05) is 13.1 Å². The lowest BCUT2D eigenvalue weighted by atomic mass is 10.2. The first-order valence-corrected chi connectivity index (χ1v) is 8.11. The van der Waals surface area contributed by atoms with Gasteiger partial charge in [0.1, 0.15) is 5.75 Å². The van der Waals surface area contributed by atoms with Crippen LogP contribution in [-0.2, 0) is 14.8 Å². The van der Waals surface area contributed by atoms with E-state index < -0.39 is 16.1 Å². The van der Waals surface area contributed by atoms with Gasteiger partial charge in [-0.15, -0.1) is 0 Å². The second kappa shape index (κ2) is 6.00. The molecule has 0 saturated heterocycles. The number of amides is 1. The Kier molecular flexibility index (Phi) is 4.50. The number of carbonyl (C=O) groups excluding carboxylic acids is 1. The molecule has 21 heavy (non-hydrogen) atoms. The Balaban J connectivity index is 2.43. The normalized spacial score (nSPS) is 18.3. The largest absolute Gasteiger partial charge is 0.479 e. The fourth-order valence-electron chi connectivity index (χ4n) is 2.14. The predicted molar refractivity (Wildman–Crippen MR) is 76.8 cm³/mol. The van der Waals surface area contributed by atoms with E-state index in [1.54, 1.807) is 6.92 Å². The van der Waals surface area contributed by atoms with Crippen molar-refractivity contribution in [3.05, 3.63) is 18.2 Å². The summed E-state index contributed by atoms with van der Waals surface area (Å²) in [4.78, 5) is 13.6. The summed E-state index contributed by atoms with van der Waals surface area (Å²) >= 11 is 0. The first kappa shape index (κ1) is 15.7. The van der Waals surface area contributed by atoms with Crippen LogP contribution in [0, 0.1) is 0 Å². The van der Waals surface area contributed by atoms with Crippen molar-refractivity contribution in [2.45, 2.75) is 24.8 Å². The Morgan fingerprint density at radius 1 is 1.43 bits per heavy atom. The first-order valence-electron chi connectivity index (χ1n) is 6.63. The molecule has 1 amide bonds. The number of fused-ring (bicyclic) bond motifs is 1. The van der Waals surface area contributed by atoms with Gasteiger partial charge in [-0.05, 0) is 32.0 Å². The SMILES string of the molecule is CCN1C(=O)C(C)Oc2ccc(S(=O)(=O)NCCO)cc21. The maximum absolute atomic E-state index is 12.1. The van der Waals surface area contributed by atoms with E-state index in [4.69, 9.17) is 9.84 Å². The number of anilines is 1. The molecule has 0 spiro atoms. The Morgan fingerprint density at radius 2 is 2.14 bits per heavy atom. The van der Waals surface area contributed by atoms with E-state index in [1.165, 1.54) is 23.1 Å². The van der Waals surface area contributed by atoms with Gasteiger partial charge in [0.05, 0.1) is 17.2 Å². The van der Waals surface area contributed by atoms with Gasteiger partial charge in [0.15, 0.2) is 6.10 Å². The maximum Gasteiger partial charge on any atom is 0.267 e. The summed E-state index contributed by atoms with van der Waals surface area (Å²) in [7, 11) is -3.72. The molecule has 0 radical (unpaired) electrons. The molecular formula is C13H18N2O5S. The van der Waals surface area contributed by atoms with Crippen LogP contribution in [0.25, 0.3) is 0 Å². The van der Waals surface area contributed by atoms with Gasteiger partial charge in [-0.25, -0.2) is 13.1 Å². The molecule has 1 atom stereocenters. The van der Waals surface area contributed by atoms with Gasteiger partial charge in [-0.2, -0.15) is 0 Å². The fourth-order valence-corrected chi connectivity index (χ4v) is 3.18. The van der Waals surface area contributed by atoms with E-state index in [-0.39, 0.29) is 24.0 Å². The smallest absolute Gasteiger partial charge is 0.267 e. The quantitative estimate of drug-likeness (QED) is 0.803. The molecule has 0 saturated carbocycles. The summed E-state index contributed by atoms with van der Waals surface area (Å²) in [5.74, 6) is 0.271. The number of nitrogens with one attached hydrogen (secondary N) is 1. The number of benzene rings is 1. The van der Waals surface area contributed by atoms with Crippen LogP contribution in [0.1, 0.15) is 13.8 Å². The predicted octanol–water partition coefficient (Wildman–Crippen LogP) is 0.0910. The highest BCUT2D eigenvalue weighted by Gasteiger charge is 2.31. The van der Waals surface area contributed by atoms with Gasteiger partial charge >= 0.3 is 0 Å². The van der Waals surface area contributed by atoms with E-state index >= 15 is 0 Å². The van der Waals surface area contributed by atoms with Crippen molar-refractivity contribution in [3.63, 3.8) is 0 Å². The molecule has 2 rings (SSSR count). The zero-order valence-electron chi connectivity index (χ0n) is 11.9. The third-order valence-corrected chi connectivity index (χ3v) is 4.63. The number of aliphatic hydroxyl groups is 1. The Labute approximate surface area is 123 Å². The maximum atomic E-state index is 12.1. The van der Waals surface area contributed by atoms with E-state index in [0.717, 1.165) is 0 Å². The number of hydrogen-bond donors (Lipinski definition) is 2. The van der Waals surface area contributed by atoms with Crippen LogP contribution in [0.15, 0.2) is 23.1 Å². The van der Waals surface area contributed by atoms with Crippen LogP contribution in [0.2, 0.25) is 0 Å². The minimum Gasteiger partial charge on any atom is -0.479 e. The number of likely N-dealkylation sites (N-methyl/N-ethyl adjacent to an activating group) is 1. The van der Waals surface area contributed by atoms with Gasteiger partial charge < -0.3 is 14.7 Å². The Morgan fingerprint density at radius 3 is 2.76 bits per heavy atom. The first-order chi connectivity index (χ1) is 9.90. The molecule has 1 heterocycles. The molecule has 2 N–H and O–H groups in total. The highest BCUT2D eigenvalue weighted by molar-refractivity contribution is 7.89.